The normalized spacial score (nSPS) is 24.0. The molecule has 10 heteroatoms. The molecule has 1 N–H and O–H groups in total. The second kappa shape index (κ2) is 5.87. The van der Waals surface area contributed by atoms with Crippen LogP contribution in [0.3, 0.4) is 0 Å². The van der Waals surface area contributed by atoms with Crippen LogP contribution in [0, 0.1) is 10.1 Å². The average molecular weight is 335 g/mol. The maximum atomic E-state index is 12.7. The summed E-state index contributed by atoms with van der Waals surface area (Å²) >= 11 is 0.868. The van der Waals surface area contributed by atoms with Crippen molar-refractivity contribution in [1.29, 1.82) is 0 Å². The number of hydrogen-bond donors (Lipinski definition) is 1. The lowest BCUT2D eigenvalue weighted by atomic mass is 10.2. The van der Waals surface area contributed by atoms with E-state index in [9.17, 15) is 18.5 Å². The van der Waals surface area contributed by atoms with Crippen LogP contribution in [-0.2, 0) is 14.8 Å². The van der Waals surface area contributed by atoms with E-state index in [0.717, 1.165) is 17.4 Å². The topological polar surface area (TPSA) is 102 Å². The first kappa shape index (κ1) is 16.1. The van der Waals surface area contributed by atoms with Crippen molar-refractivity contribution >= 4 is 32.0 Å². The van der Waals surface area contributed by atoms with Gasteiger partial charge in [-0.1, -0.05) is 11.3 Å². The number of ether oxygens (including phenoxy) is 1. The first-order valence-corrected chi connectivity index (χ1v) is 8.62. The number of anilines is 1. The SMILES string of the molecule is CNc1sc(S(=O)(=O)N2CC(C)OCC2C)cc1[N+](=O)[O-]. The van der Waals surface area contributed by atoms with E-state index in [0.29, 0.717) is 6.61 Å². The van der Waals surface area contributed by atoms with E-state index >= 15 is 0 Å². The van der Waals surface area contributed by atoms with E-state index in [2.05, 4.69) is 5.32 Å². The van der Waals surface area contributed by atoms with Crippen LogP contribution < -0.4 is 5.32 Å². The molecular formula is C11H17N3O5S2. The third-order valence-corrected chi connectivity index (χ3v) is 6.80. The molecule has 1 fully saturated rings. The smallest absolute Gasteiger partial charge is 0.304 e. The second-order valence-electron chi connectivity index (χ2n) is 4.85. The molecule has 2 rings (SSSR count). The molecule has 1 aromatic heterocycles. The van der Waals surface area contributed by atoms with Crippen molar-refractivity contribution in [3.05, 3.63) is 16.2 Å². The third kappa shape index (κ3) is 3.03. The second-order valence-corrected chi connectivity index (χ2v) is 8.02. The Morgan fingerprint density at radius 1 is 1.52 bits per heavy atom. The number of thiophene rings is 1. The van der Waals surface area contributed by atoms with Gasteiger partial charge in [0.15, 0.2) is 5.00 Å². The number of rotatable bonds is 4. The van der Waals surface area contributed by atoms with Crippen LogP contribution in [0.5, 0.6) is 0 Å². The number of nitrogens with zero attached hydrogens (tertiary/aromatic N) is 2. The molecule has 0 radical (unpaired) electrons. The predicted octanol–water partition coefficient (Wildman–Crippen LogP) is 1.50. The molecule has 1 saturated heterocycles. The van der Waals surface area contributed by atoms with Crippen LogP contribution in [0.4, 0.5) is 10.7 Å². The first-order valence-electron chi connectivity index (χ1n) is 6.36. The summed E-state index contributed by atoms with van der Waals surface area (Å²) in [4.78, 5) is 10.4. The van der Waals surface area contributed by atoms with Gasteiger partial charge in [0, 0.05) is 25.7 Å². The zero-order valence-electron chi connectivity index (χ0n) is 11.9. The number of nitrogens with one attached hydrogen (secondary N) is 1. The Labute approximate surface area is 126 Å². The zero-order valence-corrected chi connectivity index (χ0v) is 13.5. The van der Waals surface area contributed by atoms with E-state index in [1.54, 1.807) is 13.8 Å². The Hall–Kier alpha value is -1.23. The van der Waals surface area contributed by atoms with E-state index in [1.165, 1.54) is 11.4 Å². The molecule has 118 valence electrons. The molecule has 2 heterocycles. The van der Waals surface area contributed by atoms with Crippen molar-refractivity contribution in [1.82, 2.24) is 4.31 Å². The lowest BCUT2D eigenvalue weighted by Crippen LogP contribution is -2.49. The Morgan fingerprint density at radius 3 is 2.71 bits per heavy atom. The number of sulfonamides is 1. The molecule has 0 aromatic carbocycles. The highest BCUT2D eigenvalue weighted by Gasteiger charge is 2.36. The van der Waals surface area contributed by atoms with E-state index < -0.39 is 14.9 Å². The molecule has 0 saturated carbocycles. The number of morpholine rings is 1. The van der Waals surface area contributed by atoms with Crippen LogP contribution in [0.1, 0.15) is 13.8 Å². The summed E-state index contributed by atoms with van der Waals surface area (Å²) in [6.45, 7) is 4.10. The number of nitro groups is 1. The Kier molecular flexibility index (Phi) is 4.51. The summed E-state index contributed by atoms with van der Waals surface area (Å²) in [5, 5.41) is 13.8. The third-order valence-electron chi connectivity index (χ3n) is 3.23. The van der Waals surface area contributed by atoms with Crippen LogP contribution in [0.15, 0.2) is 10.3 Å². The molecule has 1 aliphatic rings. The van der Waals surface area contributed by atoms with Gasteiger partial charge >= 0.3 is 5.69 Å². The lowest BCUT2D eigenvalue weighted by Gasteiger charge is -2.35. The predicted molar refractivity (Wildman–Crippen MR) is 79.3 cm³/mol. The van der Waals surface area contributed by atoms with E-state index in [1.807, 2.05) is 0 Å². The van der Waals surface area contributed by atoms with E-state index in [4.69, 9.17) is 4.74 Å². The fraction of sp³-hybridized carbons (Fsp3) is 0.636. The molecule has 21 heavy (non-hydrogen) atoms. The van der Waals surface area contributed by atoms with Crippen molar-refractivity contribution in [3.63, 3.8) is 0 Å². The molecule has 0 amide bonds. The van der Waals surface area contributed by atoms with Gasteiger partial charge < -0.3 is 10.1 Å². The Bertz CT molecular complexity index is 642. The molecule has 2 unspecified atom stereocenters. The minimum absolute atomic E-state index is 0.0282. The maximum absolute atomic E-state index is 12.7. The lowest BCUT2D eigenvalue weighted by molar-refractivity contribution is -0.383. The molecule has 1 aliphatic heterocycles. The molecule has 0 aliphatic carbocycles. The summed E-state index contributed by atoms with van der Waals surface area (Å²) in [6.07, 6.45) is -0.199. The van der Waals surface area contributed by atoms with Crippen LogP contribution in [0.25, 0.3) is 0 Å². The van der Waals surface area contributed by atoms with Crippen molar-refractivity contribution in [2.24, 2.45) is 0 Å². The van der Waals surface area contributed by atoms with Gasteiger partial charge in [0.05, 0.1) is 17.6 Å². The zero-order chi connectivity index (χ0) is 15.8. The van der Waals surface area contributed by atoms with Gasteiger partial charge in [0.25, 0.3) is 10.0 Å². The summed E-state index contributed by atoms with van der Waals surface area (Å²) in [6, 6.07) is 0.809. The minimum atomic E-state index is -3.76. The minimum Gasteiger partial charge on any atom is -0.375 e. The average Bonchev–Trinajstić information content (AvgIpc) is 2.86. The maximum Gasteiger partial charge on any atom is 0.304 e. The molecule has 8 nitrogen and oxygen atoms in total. The molecule has 2 atom stereocenters. The van der Waals surface area contributed by atoms with Crippen LogP contribution >= 0.6 is 11.3 Å². The molecular weight excluding hydrogens is 318 g/mol. The summed E-state index contributed by atoms with van der Waals surface area (Å²) in [7, 11) is -2.24. The largest absolute Gasteiger partial charge is 0.375 e. The van der Waals surface area contributed by atoms with Crippen LogP contribution in [-0.4, -0.2) is 50.0 Å². The van der Waals surface area contributed by atoms with Gasteiger partial charge in [-0.15, -0.1) is 0 Å². The Morgan fingerprint density at radius 2 is 2.19 bits per heavy atom. The molecule has 0 bridgehead atoms. The molecule has 1 aromatic rings. The first-order chi connectivity index (χ1) is 9.77. The van der Waals surface area contributed by atoms with Gasteiger partial charge in [-0.05, 0) is 13.8 Å². The monoisotopic (exact) mass is 335 g/mol. The number of hydrogen-bond acceptors (Lipinski definition) is 7. The highest BCUT2D eigenvalue weighted by atomic mass is 32.2. The fourth-order valence-corrected chi connectivity index (χ4v) is 5.23. The quantitative estimate of drug-likeness (QED) is 0.661. The Balaban J connectivity index is 2.41. The van der Waals surface area contributed by atoms with E-state index in [-0.39, 0.29) is 33.6 Å². The van der Waals surface area contributed by atoms with Gasteiger partial charge in [-0.3, -0.25) is 10.1 Å². The standard InChI is InChI=1S/C11H17N3O5S2/c1-7-6-19-8(2)5-13(7)21(17,18)10-4-9(14(15)16)11(12-3)20-10/h4,7-8,12H,5-6H2,1-3H3. The van der Waals surface area contributed by atoms with Crippen molar-refractivity contribution in [2.45, 2.75) is 30.2 Å². The van der Waals surface area contributed by atoms with Crippen molar-refractivity contribution in [3.8, 4) is 0 Å². The van der Waals surface area contributed by atoms with Gasteiger partial charge in [-0.25, -0.2) is 8.42 Å². The van der Waals surface area contributed by atoms with Crippen molar-refractivity contribution < 1.29 is 18.1 Å². The highest BCUT2D eigenvalue weighted by Crippen LogP contribution is 2.38. The van der Waals surface area contributed by atoms with Gasteiger partial charge in [0.1, 0.15) is 4.21 Å². The summed E-state index contributed by atoms with van der Waals surface area (Å²) in [5.74, 6) is 0. The van der Waals surface area contributed by atoms with Gasteiger partial charge in [0.2, 0.25) is 0 Å². The van der Waals surface area contributed by atoms with Gasteiger partial charge in [-0.2, -0.15) is 4.31 Å². The van der Waals surface area contributed by atoms with Crippen molar-refractivity contribution in [2.75, 3.05) is 25.5 Å². The summed E-state index contributed by atoms with van der Waals surface area (Å²) < 4.78 is 32.1. The highest BCUT2D eigenvalue weighted by molar-refractivity contribution is 7.91. The van der Waals surface area contributed by atoms with Crippen LogP contribution in [0.2, 0.25) is 0 Å². The molecule has 0 spiro atoms. The fourth-order valence-electron chi connectivity index (χ4n) is 2.12. The summed E-state index contributed by atoms with van der Waals surface area (Å²) in [5.41, 5.74) is -0.227.